The van der Waals surface area contributed by atoms with E-state index in [2.05, 4.69) is 17.6 Å². The Morgan fingerprint density at radius 1 is 1.20 bits per heavy atom. The monoisotopic (exact) mass is 220 g/mol. The van der Waals surface area contributed by atoms with E-state index >= 15 is 0 Å². The van der Waals surface area contributed by atoms with Gasteiger partial charge in [-0.1, -0.05) is 0 Å². The third-order valence-corrected chi connectivity index (χ3v) is 3.11. The van der Waals surface area contributed by atoms with E-state index in [1.54, 1.807) is 7.11 Å². The molecule has 1 atom stereocenters. The molecule has 0 aliphatic carbocycles. The average molecular weight is 220 g/mol. The quantitative estimate of drug-likeness (QED) is 0.785. The molecule has 78 valence electrons. The number of hydrazine groups is 1. The van der Waals surface area contributed by atoms with Crippen LogP contribution in [0, 0.1) is 0 Å². The zero-order valence-corrected chi connectivity index (χ0v) is 9.47. The number of nitrogens with zero attached hydrogens (tertiary/aromatic N) is 1. The first-order chi connectivity index (χ1) is 7.38. The van der Waals surface area contributed by atoms with Gasteiger partial charge in [0.15, 0.2) is 0 Å². The molecule has 1 unspecified atom stereocenters. The number of hydrogen-bond donors (Lipinski definition) is 1. The Hall–Kier alpha value is -1.47. The minimum atomic E-state index is 0.580. The van der Waals surface area contributed by atoms with Crippen molar-refractivity contribution in [2.75, 3.05) is 7.11 Å². The highest BCUT2D eigenvalue weighted by Gasteiger charge is 2.00. The molecule has 0 saturated heterocycles. The van der Waals surface area contributed by atoms with Crippen LogP contribution in [-0.4, -0.2) is 11.9 Å². The summed E-state index contributed by atoms with van der Waals surface area (Å²) >= 11 is 0. The first-order valence-corrected chi connectivity index (χ1v) is 5.63. The molecular formula is C11H13N2OP. The first-order valence-electron chi connectivity index (χ1n) is 4.68. The lowest BCUT2D eigenvalue weighted by Gasteiger charge is -2.21. The topological polar surface area (TPSA) is 24.5 Å². The van der Waals surface area contributed by atoms with Gasteiger partial charge in [-0.05, 0) is 41.7 Å². The highest BCUT2D eigenvalue weighted by atomic mass is 31.1. The van der Waals surface area contributed by atoms with E-state index in [-0.39, 0.29) is 0 Å². The maximum atomic E-state index is 5.11. The van der Waals surface area contributed by atoms with Gasteiger partial charge in [0, 0.05) is 21.1 Å². The van der Waals surface area contributed by atoms with Crippen molar-refractivity contribution in [3.8, 4) is 5.75 Å². The number of ether oxygens (including phenoxy) is 1. The Labute approximate surface area is 91.2 Å². The minimum Gasteiger partial charge on any atom is -0.497 e. The van der Waals surface area contributed by atoms with Crippen LogP contribution in [0.15, 0.2) is 48.8 Å². The molecule has 1 aromatic rings. The Kier molecular flexibility index (Phi) is 3.25. The van der Waals surface area contributed by atoms with Crippen molar-refractivity contribution in [2.24, 2.45) is 0 Å². The van der Waals surface area contributed by atoms with Crippen LogP contribution in [0.1, 0.15) is 0 Å². The molecule has 1 aliphatic heterocycles. The van der Waals surface area contributed by atoms with Gasteiger partial charge in [-0.3, -0.25) is 4.78 Å². The maximum Gasteiger partial charge on any atom is 0.118 e. The third kappa shape index (κ3) is 2.74. The summed E-state index contributed by atoms with van der Waals surface area (Å²) in [5.41, 5.74) is 3.14. The molecule has 4 heteroatoms. The number of rotatable bonds is 3. The molecule has 0 fully saturated rings. The molecule has 2 rings (SSSR count). The van der Waals surface area contributed by atoms with Crippen molar-refractivity contribution in [3.63, 3.8) is 0 Å². The van der Waals surface area contributed by atoms with Crippen molar-refractivity contribution in [2.45, 2.75) is 0 Å². The van der Waals surface area contributed by atoms with Gasteiger partial charge in [0.2, 0.25) is 0 Å². The lowest BCUT2D eigenvalue weighted by Crippen LogP contribution is -2.24. The molecule has 0 spiro atoms. The van der Waals surface area contributed by atoms with Crippen molar-refractivity contribution >= 4 is 14.0 Å². The molecule has 15 heavy (non-hydrogen) atoms. The van der Waals surface area contributed by atoms with Crippen molar-refractivity contribution in [1.82, 2.24) is 10.2 Å². The van der Waals surface area contributed by atoms with Crippen LogP contribution < -0.4 is 15.5 Å². The van der Waals surface area contributed by atoms with Gasteiger partial charge in [0.25, 0.3) is 0 Å². The predicted molar refractivity (Wildman–Crippen MR) is 64.2 cm³/mol. The van der Waals surface area contributed by atoms with Crippen LogP contribution in [0.3, 0.4) is 0 Å². The Balaban J connectivity index is 1.98. The van der Waals surface area contributed by atoms with Gasteiger partial charge in [0.05, 0.1) is 7.11 Å². The molecule has 1 aromatic carbocycles. The third-order valence-electron chi connectivity index (χ3n) is 2.00. The number of benzene rings is 1. The lowest BCUT2D eigenvalue weighted by molar-refractivity contribution is 0.415. The fraction of sp³-hybridized carbons (Fsp3) is 0.0909. The summed E-state index contributed by atoms with van der Waals surface area (Å²) in [6.45, 7) is 0. The van der Waals surface area contributed by atoms with Crippen molar-refractivity contribution < 1.29 is 4.74 Å². The van der Waals surface area contributed by atoms with E-state index in [4.69, 9.17) is 4.74 Å². The van der Waals surface area contributed by atoms with Crippen molar-refractivity contribution in [3.05, 3.63) is 48.8 Å². The highest BCUT2D eigenvalue weighted by molar-refractivity contribution is 7.44. The predicted octanol–water partition coefficient (Wildman–Crippen LogP) is 1.76. The van der Waals surface area contributed by atoms with E-state index in [9.17, 15) is 0 Å². The highest BCUT2D eigenvalue weighted by Crippen LogP contribution is 2.18. The largest absolute Gasteiger partial charge is 0.497 e. The van der Waals surface area contributed by atoms with Crippen molar-refractivity contribution in [1.29, 1.82) is 0 Å². The fourth-order valence-electron chi connectivity index (χ4n) is 1.23. The van der Waals surface area contributed by atoms with Crippen LogP contribution >= 0.6 is 8.73 Å². The van der Waals surface area contributed by atoms with Gasteiger partial charge in [-0.2, -0.15) is 0 Å². The Morgan fingerprint density at radius 3 is 2.60 bits per heavy atom. The maximum absolute atomic E-state index is 5.11. The Morgan fingerprint density at radius 2 is 2.00 bits per heavy atom. The second kappa shape index (κ2) is 4.85. The van der Waals surface area contributed by atoms with Crippen LogP contribution in [0.2, 0.25) is 0 Å². The molecule has 1 aliphatic rings. The van der Waals surface area contributed by atoms with Crippen LogP contribution in [0.4, 0.5) is 0 Å². The summed E-state index contributed by atoms with van der Waals surface area (Å²) in [7, 11) is 2.26. The van der Waals surface area contributed by atoms with E-state index in [1.165, 1.54) is 5.30 Å². The van der Waals surface area contributed by atoms with E-state index in [1.807, 2.05) is 41.5 Å². The zero-order chi connectivity index (χ0) is 10.5. The molecule has 0 bridgehead atoms. The summed E-state index contributed by atoms with van der Waals surface area (Å²) in [4.78, 5) is 0. The summed E-state index contributed by atoms with van der Waals surface area (Å²) in [6.07, 6.45) is 7.90. The van der Waals surface area contributed by atoms with Gasteiger partial charge in [-0.15, -0.1) is 0 Å². The first kappa shape index (κ1) is 10.1. The van der Waals surface area contributed by atoms with Gasteiger partial charge in [-0.25, -0.2) is 0 Å². The minimum absolute atomic E-state index is 0.580. The molecule has 1 N–H and O–H groups in total. The standard InChI is InChI=1S/C11H13N2OP/c1-14-10-4-6-11(7-5-10)15-13-9-3-2-8-12-13/h2-9,12,15H,1H3. The molecule has 0 amide bonds. The SMILES string of the molecule is COc1ccc(PN2C=CC=CN2)cc1. The van der Waals surface area contributed by atoms with E-state index < -0.39 is 0 Å². The fourth-order valence-corrected chi connectivity index (χ4v) is 2.13. The molecule has 0 saturated carbocycles. The van der Waals surface area contributed by atoms with Gasteiger partial charge in [0.1, 0.15) is 5.75 Å². The molecular weight excluding hydrogens is 207 g/mol. The Bertz CT molecular complexity index is 373. The smallest absolute Gasteiger partial charge is 0.118 e. The molecule has 3 nitrogen and oxygen atoms in total. The second-order valence-electron chi connectivity index (χ2n) is 3.04. The van der Waals surface area contributed by atoms with Crippen LogP contribution in [-0.2, 0) is 0 Å². The average Bonchev–Trinajstić information content (AvgIpc) is 2.31. The van der Waals surface area contributed by atoms with E-state index in [0.29, 0.717) is 8.73 Å². The van der Waals surface area contributed by atoms with Crippen LogP contribution in [0.25, 0.3) is 0 Å². The second-order valence-corrected chi connectivity index (χ2v) is 4.32. The summed E-state index contributed by atoms with van der Waals surface area (Å²) in [5.74, 6) is 0.894. The zero-order valence-electron chi connectivity index (χ0n) is 8.47. The number of methoxy groups -OCH3 is 1. The molecule has 1 heterocycles. The summed E-state index contributed by atoms with van der Waals surface area (Å²) in [6, 6.07) is 8.11. The van der Waals surface area contributed by atoms with E-state index in [0.717, 1.165) is 5.75 Å². The van der Waals surface area contributed by atoms with Gasteiger partial charge >= 0.3 is 0 Å². The van der Waals surface area contributed by atoms with Gasteiger partial charge < -0.3 is 10.2 Å². The normalized spacial score (nSPS) is 14.6. The van der Waals surface area contributed by atoms with Crippen LogP contribution in [0.5, 0.6) is 5.75 Å². The number of hydrogen-bond acceptors (Lipinski definition) is 3. The number of nitrogens with one attached hydrogen (secondary N) is 1. The summed E-state index contributed by atoms with van der Waals surface area (Å²) < 4.78 is 7.15. The number of allylic oxidation sites excluding steroid dienone is 2. The lowest BCUT2D eigenvalue weighted by atomic mass is 10.3. The summed E-state index contributed by atoms with van der Waals surface area (Å²) in [5, 5.41) is 1.27. The molecule has 0 radical (unpaired) electrons. The molecule has 0 aromatic heterocycles.